The molecule has 1 unspecified atom stereocenters. The largest absolute Gasteiger partial charge is 0.508 e. The Morgan fingerprint density at radius 1 is 1.03 bits per heavy atom. The predicted molar refractivity (Wildman–Crippen MR) is 122 cm³/mol. The summed E-state index contributed by atoms with van der Waals surface area (Å²) in [5.74, 6) is -1.23. The number of aryl methyl sites for hydroxylation is 1. The molecule has 32 heavy (non-hydrogen) atoms. The number of benzene rings is 3. The molecule has 162 valence electrons. The van der Waals surface area contributed by atoms with E-state index in [4.69, 9.17) is 16.3 Å². The van der Waals surface area contributed by atoms with Crippen LogP contribution in [-0.2, 0) is 9.59 Å². The fourth-order valence-electron chi connectivity index (χ4n) is 3.87. The van der Waals surface area contributed by atoms with Gasteiger partial charge >= 0.3 is 0 Å². The fraction of sp³-hybridized carbons (Fsp3) is 0.120. The molecule has 0 bridgehead atoms. The summed E-state index contributed by atoms with van der Waals surface area (Å²) >= 11 is 6.14. The molecule has 4 rings (SSSR count). The van der Waals surface area contributed by atoms with E-state index in [1.54, 1.807) is 61.5 Å². The minimum absolute atomic E-state index is 0.0412. The van der Waals surface area contributed by atoms with Gasteiger partial charge in [0, 0.05) is 16.3 Å². The molecule has 0 saturated carbocycles. The second kappa shape index (κ2) is 8.40. The van der Waals surface area contributed by atoms with Crippen molar-refractivity contribution >= 4 is 34.7 Å². The first-order chi connectivity index (χ1) is 15.3. The van der Waals surface area contributed by atoms with Gasteiger partial charge in [0.15, 0.2) is 0 Å². The summed E-state index contributed by atoms with van der Waals surface area (Å²) in [7, 11) is 1.54. The number of amides is 1. The molecule has 1 heterocycles. The van der Waals surface area contributed by atoms with Crippen LogP contribution in [0.2, 0.25) is 5.02 Å². The highest BCUT2D eigenvalue weighted by Crippen LogP contribution is 2.43. The zero-order valence-electron chi connectivity index (χ0n) is 17.4. The summed E-state index contributed by atoms with van der Waals surface area (Å²) in [4.78, 5) is 27.6. The number of hydrogen-bond acceptors (Lipinski definition) is 5. The van der Waals surface area contributed by atoms with Gasteiger partial charge in [0.2, 0.25) is 0 Å². The number of halogens is 1. The molecule has 3 aromatic carbocycles. The Balaban J connectivity index is 1.95. The topological polar surface area (TPSA) is 87.1 Å². The second-order valence-electron chi connectivity index (χ2n) is 7.42. The monoisotopic (exact) mass is 449 g/mol. The van der Waals surface area contributed by atoms with Gasteiger partial charge in [0.25, 0.3) is 11.7 Å². The highest BCUT2D eigenvalue weighted by Gasteiger charge is 2.47. The summed E-state index contributed by atoms with van der Waals surface area (Å²) in [6.07, 6.45) is 0. The highest BCUT2D eigenvalue weighted by atomic mass is 35.5. The van der Waals surface area contributed by atoms with Gasteiger partial charge in [0.05, 0.1) is 18.7 Å². The third kappa shape index (κ3) is 3.69. The van der Waals surface area contributed by atoms with Crippen LogP contribution in [0.5, 0.6) is 11.5 Å². The number of ketones is 1. The van der Waals surface area contributed by atoms with Crippen LogP contribution in [0.3, 0.4) is 0 Å². The predicted octanol–water partition coefficient (Wildman–Crippen LogP) is 4.99. The van der Waals surface area contributed by atoms with Crippen molar-refractivity contribution in [3.8, 4) is 11.5 Å². The number of aliphatic hydroxyl groups excluding tert-OH is 1. The number of methoxy groups -OCH3 is 1. The molecule has 0 spiro atoms. The summed E-state index contributed by atoms with van der Waals surface area (Å²) in [6, 6.07) is 16.9. The van der Waals surface area contributed by atoms with Crippen LogP contribution in [0.15, 0.2) is 72.3 Å². The van der Waals surface area contributed by atoms with Crippen molar-refractivity contribution in [3.63, 3.8) is 0 Å². The number of nitrogens with zero attached hydrogens (tertiary/aromatic N) is 1. The molecule has 3 aromatic rings. The van der Waals surface area contributed by atoms with E-state index in [0.29, 0.717) is 33.1 Å². The average molecular weight is 450 g/mol. The lowest BCUT2D eigenvalue weighted by Crippen LogP contribution is -2.29. The lowest BCUT2D eigenvalue weighted by atomic mass is 9.93. The van der Waals surface area contributed by atoms with Gasteiger partial charge in [-0.1, -0.05) is 29.8 Å². The van der Waals surface area contributed by atoms with Gasteiger partial charge in [-0.3, -0.25) is 14.5 Å². The summed E-state index contributed by atoms with van der Waals surface area (Å²) < 4.78 is 5.22. The number of anilines is 1. The van der Waals surface area contributed by atoms with Crippen LogP contribution in [0, 0.1) is 6.92 Å². The lowest BCUT2D eigenvalue weighted by Gasteiger charge is -2.25. The maximum Gasteiger partial charge on any atom is 0.300 e. The van der Waals surface area contributed by atoms with Crippen LogP contribution in [0.1, 0.15) is 22.7 Å². The van der Waals surface area contributed by atoms with Gasteiger partial charge in [-0.25, -0.2) is 0 Å². The van der Waals surface area contributed by atoms with Gasteiger partial charge in [-0.2, -0.15) is 0 Å². The summed E-state index contributed by atoms with van der Waals surface area (Å²) in [6.45, 7) is 1.78. The van der Waals surface area contributed by atoms with E-state index in [0.717, 1.165) is 0 Å². The molecule has 1 saturated heterocycles. The standard InChI is InChI=1S/C25H20ClNO5/c1-14-12-19(32-2)10-11-20(14)23(29)21-22(15-6-8-18(28)9-7-15)27(25(31)24(21)30)17-5-3-4-16(26)13-17/h3-13,22,28-29H,1-2H3/b23-21-. The number of aromatic hydroxyl groups is 1. The molecule has 2 N–H and O–H groups in total. The fourth-order valence-corrected chi connectivity index (χ4v) is 4.06. The number of ether oxygens (including phenoxy) is 1. The summed E-state index contributed by atoms with van der Waals surface area (Å²) in [5.41, 5.74) is 2.02. The molecule has 1 atom stereocenters. The molecule has 1 aliphatic heterocycles. The minimum atomic E-state index is -0.907. The zero-order valence-corrected chi connectivity index (χ0v) is 18.1. The number of carbonyl (C=O) groups is 2. The zero-order chi connectivity index (χ0) is 23.0. The molecular weight excluding hydrogens is 430 g/mol. The first kappa shape index (κ1) is 21.5. The number of hydrogen-bond donors (Lipinski definition) is 2. The molecular formula is C25H20ClNO5. The first-order valence-corrected chi connectivity index (χ1v) is 10.2. The van der Waals surface area contributed by atoms with E-state index < -0.39 is 17.7 Å². The minimum Gasteiger partial charge on any atom is -0.508 e. The van der Waals surface area contributed by atoms with E-state index in [2.05, 4.69) is 0 Å². The molecule has 0 radical (unpaired) electrons. The third-order valence-corrected chi connectivity index (χ3v) is 5.66. The van der Waals surface area contributed by atoms with Gasteiger partial charge in [0.1, 0.15) is 17.3 Å². The Bertz CT molecular complexity index is 1250. The van der Waals surface area contributed by atoms with Crippen molar-refractivity contribution in [1.29, 1.82) is 0 Å². The second-order valence-corrected chi connectivity index (χ2v) is 7.86. The molecule has 7 heteroatoms. The molecule has 6 nitrogen and oxygen atoms in total. The van der Waals surface area contributed by atoms with E-state index in [-0.39, 0.29) is 17.1 Å². The number of aliphatic hydroxyl groups is 1. The van der Waals surface area contributed by atoms with E-state index in [9.17, 15) is 19.8 Å². The highest BCUT2D eigenvalue weighted by molar-refractivity contribution is 6.51. The Morgan fingerprint density at radius 3 is 2.38 bits per heavy atom. The number of carbonyl (C=O) groups excluding carboxylic acids is 2. The Kier molecular flexibility index (Phi) is 5.63. The van der Waals surface area contributed by atoms with Crippen molar-refractivity contribution < 1.29 is 24.5 Å². The van der Waals surface area contributed by atoms with Crippen molar-refractivity contribution in [3.05, 3.63) is 94.0 Å². The molecule has 0 aromatic heterocycles. The molecule has 0 aliphatic carbocycles. The van der Waals surface area contributed by atoms with Crippen LogP contribution < -0.4 is 9.64 Å². The molecule has 1 fully saturated rings. The van der Waals surface area contributed by atoms with Gasteiger partial charge in [-0.15, -0.1) is 0 Å². The Labute approximate surface area is 189 Å². The van der Waals surface area contributed by atoms with Crippen LogP contribution in [0.4, 0.5) is 5.69 Å². The lowest BCUT2D eigenvalue weighted by molar-refractivity contribution is -0.132. The number of Topliss-reactive ketones (excluding diaryl/α,β-unsaturated/α-hetero) is 1. The SMILES string of the molecule is COc1ccc(/C(O)=C2/C(=O)C(=O)N(c3cccc(Cl)c3)C2c2ccc(O)cc2)c(C)c1. The van der Waals surface area contributed by atoms with Crippen LogP contribution >= 0.6 is 11.6 Å². The quantitative estimate of drug-likeness (QED) is 0.333. The molecule has 1 amide bonds. The number of phenols is 1. The van der Waals surface area contributed by atoms with E-state index >= 15 is 0 Å². The number of phenolic OH excluding ortho intramolecular Hbond substituents is 1. The Hall–Kier alpha value is -3.77. The normalized spacial score (nSPS) is 17.6. The van der Waals surface area contributed by atoms with Crippen LogP contribution in [0.25, 0.3) is 5.76 Å². The number of rotatable bonds is 4. The van der Waals surface area contributed by atoms with Crippen molar-refractivity contribution in [1.82, 2.24) is 0 Å². The van der Waals surface area contributed by atoms with E-state index in [1.165, 1.54) is 24.1 Å². The Morgan fingerprint density at radius 2 is 1.75 bits per heavy atom. The van der Waals surface area contributed by atoms with Gasteiger partial charge in [-0.05, 0) is 66.6 Å². The van der Waals surface area contributed by atoms with Gasteiger partial charge < -0.3 is 14.9 Å². The van der Waals surface area contributed by atoms with Crippen LogP contribution in [-0.4, -0.2) is 29.0 Å². The van der Waals surface area contributed by atoms with E-state index in [1.807, 2.05) is 0 Å². The smallest absolute Gasteiger partial charge is 0.300 e. The molecule has 1 aliphatic rings. The van der Waals surface area contributed by atoms with Crippen molar-refractivity contribution in [2.24, 2.45) is 0 Å². The maximum absolute atomic E-state index is 13.2. The van der Waals surface area contributed by atoms with Crippen molar-refractivity contribution in [2.45, 2.75) is 13.0 Å². The summed E-state index contributed by atoms with van der Waals surface area (Å²) in [5, 5.41) is 21.3. The maximum atomic E-state index is 13.2. The first-order valence-electron chi connectivity index (χ1n) is 9.82. The van der Waals surface area contributed by atoms with Crippen molar-refractivity contribution in [2.75, 3.05) is 12.0 Å². The average Bonchev–Trinajstić information content (AvgIpc) is 3.04. The third-order valence-electron chi connectivity index (χ3n) is 5.43.